The molecule has 2 saturated carbocycles. The zero-order valence-electron chi connectivity index (χ0n) is 11.0. The van der Waals surface area contributed by atoms with Crippen LogP contribution in [-0.2, 0) is 6.54 Å². The van der Waals surface area contributed by atoms with Crippen molar-refractivity contribution in [3.05, 3.63) is 35.0 Å². The number of fused-ring (bicyclic) bond motifs is 1. The van der Waals surface area contributed by atoms with Crippen LogP contribution in [0.25, 0.3) is 10.9 Å². The Morgan fingerprint density at radius 3 is 2.74 bits per heavy atom. The molecule has 0 saturated heterocycles. The number of hydrogen-bond donors (Lipinski definition) is 2. The third-order valence-electron chi connectivity index (χ3n) is 4.83. The minimum absolute atomic E-state index is 0.651. The van der Waals surface area contributed by atoms with Gasteiger partial charge in [0.25, 0.3) is 0 Å². The highest BCUT2D eigenvalue weighted by Gasteiger charge is 2.53. The fraction of sp³-hybridized carbons (Fsp3) is 0.500. The van der Waals surface area contributed by atoms with Crippen molar-refractivity contribution < 1.29 is 0 Å². The Morgan fingerprint density at radius 1 is 1.26 bits per heavy atom. The molecule has 0 unspecified atom stereocenters. The molecule has 0 atom stereocenters. The number of benzene rings is 1. The number of aromatic nitrogens is 1. The summed E-state index contributed by atoms with van der Waals surface area (Å²) in [4.78, 5) is 3.42. The maximum atomic E-state index is 6.43. The van der Waals surface area contributed by atoms with Gasteiger partial charge < -0.3 is 10.3 Å². The normalized spacial score (nSPS) is 20.9. The standard InChI is InChI=1S/C16H19ClN2/c17-15-12-3-1-2-4-13(12)19-14(15)9-18-10-16(7-8-16)11-5-6-11/h1-4,11,18-19H,5-10H2. The monoisotopic (exact) mass is 274 g/mol. The summed E-state index contributed by atoms with van der Waals surface area (Å²) >= 11 is 6.43. The summed E-state index contributed by atoms with van der Waals surface area (Å²) in [6.45, 7) is 2.01. The Morgan fingerprint density at radius 2 is 2.05 bits per heavy atom. The maximum Gasteiger partial charge on any atom is 0.0705 e. The fourth-order valence-corrected chi connectivity index (χ4v) is 3.59. The molecule has 100 valence electrons. The van der Waals surface area contributed by atoms with E-state index in [0.29, 0.717) is 5.41 Å². The molecule has 2 N–H and O–H groups in total. The van der Waals surface area contributed by atoms with Crippen molar-refractivity contribution >= 4 is 22.5 Å². The van der Waals surface area contributed by atoms with Gasteiger partial charge in [0.2, 0.25) is 0 Å². The van der Waals surface area contributed by atoms with Gasteiger partial charge in [0.05, 0.1) is 5.02 Å². The van der Waals surface area contributed by atoms with Gasteiger partial charge in [0.1, 0.15) is 0 Å². The van der Waals surface area contributed by atoms with E-state index in [1.807, 2.05) is 12.1 Å². The van der Waals surface area contributed by atoms with Crippen molar-refractivity contribution in [3.63, 3.8) is 0 Å². The lowest BCUT2D eigenvalue weighted by molar-refractivity contribution is 0.402. The van der Waals surface area contributed by atoms with Crippen LogP contribution in [0.5, 0.6) is 0 Å². The van der Waals surface area contributed by atoms with Crippen molar-refractivity contribution in [3.8, 4) is 0 Å². The summed E-state index contributed by atoms with van der Waals surface area (Å²) in [7, 11) is 0. The molecule has 2 aliphatic rings. The van der Waals surface area contributed by atoms with Crippen LogP contribution in [0.2, 0.25) is 5.02 Å². The highest BCUT2D eigenvalue weighted by molar-refractivity contribution is 6.36. The lowest BCUT2D eigenvalue weighted by Crippen LogP contribution is -2.25. The number of hydrogen-bond acceptors (Lipinski definition) is 1. The van der Waals surface area contributed by atoms with E-state index in [1.165, 1.54) is 25.7 Å². The maximum absolute atomic E-state index is 6.43. The van der Waals surface area contributed by atoms with Crippen molar-refractivity contribution in [2.45, 2.75) is 32.2 Å². The van der Waals surface area contributed by atoms with Gasteiger partial charge >= 0.3 is 0 Å². The van der Waals surface area contributed by atoms with Crippen LogP contribution in [0.1, 0.15) is 31.4 Å². The summed E-state index contributed by atoms with van der Waals surface area (Å²) < 4.78 is 0. The minimum atomic E-state index is 0.651. The van der Waals surface area contributed by atoms with Crippen LogP contribution in [0.4, 0.5) is 0 Å². The summed E-state index contributed by atoms with van der Waals surface area (Å²) in [5, 5.41) is 5.62. The van der Waals surface area contributed by atoms with Gasteiger partial charge in [-0.1, -0.05) is 29.8 Å². The number of aromatic amines is 1. The van der Waals surface area contributed by atoms with Crippen LogP contribution < -0.4 is 5.32 Å². The second-order valence-electron chi connectivity index (χ2n) is 6.20. The first-order valence-electron chi connectivity index (χ1n) is 7.24. The van der Waals surface area contributed by atoms with E-state index in [9.17, 15) is 0 Å². The number of nitrogens with one attached hydrogen (secondary N) is 2. The lowest BCUT2D eigenvalue weighted by Gasteiger charge is -2.14. The van der Waals surface area contributed by atoms with E-state index in [2.05, 4.69) is 22.4 Å². The van der Waals surface area contributed by atoms with Gasteiger partial charge in [0, 0.05) is 29.7 Å². The highest BCUT2D eigenvalue weighted by atomic mass is 35.5. The Kier molecular flexibility index (Phi) is 2.64. The van der Waals surface area contributed by atoms with Crippen LogP contribution in [0.3, 0.4) is 0 Å². The van der Waals surface area contributed by atoms with Crippen LogP contribution in [0.15, 0.2) is 24.3 Å². The molecule has 0 amide bonds. The first-order chi connectivity index (χ1) is 9.28. The number of rotatable bonds is 5. The van der Waals surface area contributed by atoms with E-state index >= 15 is 0 Å². The van der Waals surface area contributed by atoms with Gasteiger partial charge in [-0.25, -0.2) is 0 Å². The quantitative estimate of drug-likeness (QED) is 0.844. The highest BCUT2D eigenvalue weighted by Crippen LogP contribution is 2.60. The summed E-state index contributed by atoms with van der Waals surface area (Å²) in [6.07, 6.45) is 5.75. The second kappa shape index (κ2) is 4.26. The lowest BCUT2D eigenvalue weighted by atomic mass is 10.0. The third kappa shape index (κ3) is 2.07. The van der Waals surface area contributed by atoms with Gasteiger partial charge in [-0.15, -0.1) is 0 Å². The molecule has 2 aliphatic carbocycles. The number of para-hydroxylation sites is 1. The predicted molar refractivity (Wildman–Crippen MR) is 79.4 cm³/mol. The molecule has 2 aromatic rings. The molecule has 3 heteroatoms. The Balaban J connectivity index is 1.45. The van der Waals surface area contributed by atoms with Gasteiger partial charge in [-0.05, 0) is 43.1 Å². The minimum Gasteiger partial charge on any atom is -0.356 e. The third-order valence-corrected chi connectivity index (χ3v) is 5.26. The van der Waals surface area contributed by atoms with Gasteiger partial charge in [-0.3, -0.25) is 0 Å². The van der Waals surface area contributed by atoms with Crippen molar-refractivity contribution in [2.24, 2.45) is 11.3 Å². The number of H-pyrrole nitrogens is 1. The smallest absolute Gasteiger partial charge is 0.0705 e. The molecule has 4 rings (SSSR count). The average molecular weight is 275 g/mol. The molecule has 1 aromatic carbocycles. The zero-order chi connectivity index (χ0) is 12.9. The SMILES string of the molecule is Clc1c(CNCC2(C3CC3)CC2)[nH]c2ccccc12. The van der Waals surface area contributed by atoms with Crippen molar-refractivity contribution in [2.75, 3.05) is 6.54 Å². The summed E-state index contributed by atoms with van der Waals surface area (Å²) in [6, 6.07) is 8.23. The van der Waals surface area contributed by atoms with Crippen LogP contribution in [0, 0.1) is 11.3 Å². The summed E-state index contributed by atoms with van der Waals surface area (Å²) in [5.41, 5.74) is 2.90. The largest absolute Gasteiger partial charge is 0.356 e. The van der Waals surface area contributed by atoms with Crippen molar-refractivity contribution in [1.82, 2.24) is 10.3 Å². The molecule has 0 spiro atoms. The Labute approximate surface area is 118 Å². The molecular weight excluding hydrogens is 256 g/mol. The van der Waals surface area contributed by atoms with E-state index in [0.717, 1.165) is 40.6 Å². The van der Waals surface area contributed by atoms with E-state index in [-0.39, 0.29) is 0 Å². The first kappa shape index (κ1) is 11.8. The fourth-order valence-electron chi connectivity index (χ4n) is 3.31. The average Bonchev–Trinajstić information content (AvgIpc) is 3.30. The molecule has 0 radical (unpaired) electrons. The molecular formula is C16H19ClN2. The molecule has 2 fully saturated rings. The predicted octanol–water partition coefficient (Wildman–Crippen LogP) is 4.10. The van der Waals surface area contributed by atoms with E-state index < -0.39 is 0 Å². The molecule has 1 aromatic heterocycles. The zero-order valence-corrected chi connectivity index (χ0v) is 11.8. The second-order valence-corrected chi connectivity index (χ2v) is 6.58. The Hall–Kier alpha value is -0.990. The molecule has 2 nitrogen and oxygen atoms in total. The molecule has 0 bridgehead atoms. The Bertz CT molecular complexity index is 608. The van der Waals surface area contributed by atoms with E-state index in [1.54, 1.807) is 0 Å². The first-order valence-corrected chi connectivity index (χ1v) is 7.62. The van der Waals surface area contributed by atoms with Crippen molar-refractivity contribution in [1.29, 1.82) is 0 Å². The number of halogens is 1. The molecule has 19 heavy (non-hydrogen) atoms. The molecule has 1 heterocycles. The molecule has 0 aliphatic heterocycles. The summed E-state index contributed by atoms with van der Waals surface area (Å²) in [5.74, 6) is 1.01. The van der Waals surface area contributed by atoms with Crippen LogP contribution >= 0.6 is 11.6 Å². The van der Waals surface area contributed by atoms with Gasteiger partial charge in [0.15, 0.2) is 0 Å². The van der Waals surface area contributed by atoms with Crippen LogP contribution in [-0.4, -0.2) is 11.5 Å². The topological polar surface area (TPSA) is 27.8 Å². The van der Waals surface area contributed by atoms with E-state index in [4.69, 9.17) is 11.6 Å². The van der Waals surface area contributed by atoms with Gasteiger partial charge in [-0.2, -0.15) is 0 Å².